The minimum Gasteiger partial charge on any atom is -0.507 e. The molecule has 3 rings (SSSR count). The van der Waals surface area contributed by atoms with Gasteiger partial charge in [0.2, 0.25) is 0 Å². The largest absolute Gasteiger partial charge is 0.507 e. The Balaban J connectivity index is 2.08. The normalized spacial score (nSPS) is 17.7. The maximum absolute atomic E-state index is 12.8. The smallest absolute Gasteiger partial charge is 0.303 e. The number of hydrogen-bond donors (Lipinski definition) is 2. The highest BCUT2D eigenvalue weighted by Crippen LogP contribution is 2.40. The molecule has 160 valence electrons. The molecule has 1 amide bonds. The predicted molar refractivity (Wildman–Crippen MR) is 110 cm³/mol. The van der Waals surface area contributed by atoms with E-state index in [9.17, 15) is 29.6 Å². The number of ketones is 1. The van der Waals surface area contributed by atoms with Crippen LogP contribution in [0.3, 0.4) is 0 Å². The predicted octanol–water partition coefficient (Wildman–Crippen LogP) is 3.53. The Bertz CT molecular complexity index is 1080. The number of rotatable bonds is 7. The number of aliphatic hydroxyl groups excluding tert-OH is 1. The summed E-state index contributed by atoms with van der Waals surface area (Å²) in [4.78, 5) is 47.8. The lowest BCUT2D eigenvalue weighted by atomic mass is 9.95. The van der Waals surface area contributed by atoms with Gasteiger partial charge in [0.15, 0.2) is 0 Å². The van der Waals surface area contributed by atoms with Crippen molar-refractivity contribution in [1.29, 1.82) is 0 Å². The quantitative estimate of drug-likeness (QED) is 0.219. The zero-order valence-electron chi connectivity index (χ0n) is 16.0. The lowest BCUT2D eigenvalue weighted by Gasteiger charge is -2.25. The van der Waals surface area contributed by atoms with Gasteiger partial charge >= 0.3 is 5.97 Å². The maximum atomic E-state index is 12.8. The van der Waals surface area contributed by atoms with Gasteiger partial charge in [0.25, 0.3) is 17.4 Å². The van der Waals surface area contributed by atoms with Crippen LogP contribution in [0.5, 0.6) is 0 Å². The molecule has 9 nitrogen and oxygen atoms in total. The summed E-state index contributed by atoms with van der Waals surface area (Å²) in [6.07, 6.45) is -0.0806. The Morgan fingerprint density at radius 1 is 1.06 bits per heavy atom. The van der Waals surface area contributed by atoms with Crippen LogP contribution in [0.25, 0.3) is 5.76 Å². The molecule has 1 unspecified atom stereocenters. The van der Waals surface area contributed by atoms with E-state index in [1.54, 1.807) is 24.3 Å². The van der Waals surface area contributed by atoms with Gasteiger partial charge in [-0.3, -0.25) is 24.5 Å². The first kappa shape index (κ1) is 22.0. The second kappa shape index (κ2) is 8.97. The van der Waals surface area contributed by atoms with Crippen molar-refractivity contribution in [3.63, 3.8) is 0 Å². The van der Waals surface area contributed by atoms with Crippen LogP contribution in [0.1, 0.15) is 30.0 Å². The van der Waals surface area contributed by atoms with Gasteiger partial charge in [-0.25, -0.2) is 0 Å². The molecule has 1 saturated heterocycles. The van der Waals surface area contributed by atoms with Crippen molar-refractivity contribution in [3.8, 4) is 0 Å². The van der Waals surface area contributed by atoms with Crippen LogP contribution in [-0.4, -0.2) is 44.2 Å². The molecule has 1 aliphatic heterocycles. The molecule has 0 aromatic heterocycles. The van der Waals surface area contributed by atoms with Gasteiger partial charge in [-0.1, -0.05) is 23.7 Å². The molecule has 31 heavy (non-hydrogen) atoms. The molecule has 10 heteroatoms. The molecular weight excluding hydrogens is 428 g/mol. The van der Waals surface area contributed by atoms with E-state index < -0.39 is 34.4 Å². The van der Waals surface area contributed by atoms with Gasteiger partial charge in [-0.2, -0.15) is 0 Å². The Morgan fingerprint density at radius 2 is 1.68 bits per heavy atom. The number of halogens is 1. The first-order valence-electron chi connectivity index (χ1n) is 9.21. The third kappa shape index (κ3) is 4.56. The molecule has 2 aromatic carbocycles. The Kier molecular flexibility index (Phi) is 6.36. The van der Waals surface area contributed by atoms with Crippen molar-refractivity contribution in [2.45, 2.75) is 18.9 Å². The number of carbonyl (C=O) groups is 3. The van der Waals surface area contributed by atoms with Gasteiger partial charge in [0.05, 0.1) is 16.5 Å². The zero-order chi connectivity index (χ0) is 22.7. The van der Waals surface area contributed by atoms with Crippen molar-refractivity contribution in [2.24, 2.45) is 0 Å². The Labute approximate surface area is 181 Å². The minimum absolute atomic E-state index is 0.0127. The number of nitrogens with zero attached hydrogens (tertiary/aromatic N) is 2. The average Bonchev–Trinajstić information content (AvgIpc) is 2.98. The Morgan fingerprint density at radius 3 is 2.23 bits per heavy atom. The number of Topliss-reactive ketones (excluding diaryl/α,β-unsaturated/α-hetero) is 1. The first-order valence-corrected chi connectivity index (χ1v) is 9.59. The van der Waals surface area contributed by atoms with E-state index in [-0.39, 0.29) is 36.2 Å². The minimum atomic E-state index is -1.04. The molecule has 1 heterocycles. The second-order valence-electron chi connectivity index (χ2n) is 6.85. The molecule has 1 fully saturated rings. The summed E-state index contributed by atoms with van der Waals surface area (Å²) in [6.45, 7) is -0.0127. The number of carbonyl (C=O) groups excluding carboxylic acids is 2. The van der Waals surface area contributed by atoms with Crippen LogP contribution in [0, 0.1) is 10.1 Å². The van der Waals surface area contributed by atoms with Crippen molar-refractivity contribution in [2.75, 3.05) is 6.54 Å². The number of carboxylic acids is 1. The number of benzene rings is 2. The van der Waals surface area contributed by atoms with Gasteiger partial charge in [-0.05, 0) is 36.2 Å². The molecule has 2 N–H and O–H groups in total. The third-order valence-electron chi connectivity index (χ3n) is 4.87. The molecule has 1 atom stereocenters. The van der Waals surface area contributed by atoms with E-state index in [4.69, 9.17) is 16.7 Å². The monoisotopic (exact) mass is 444 g/mol. The van der Waals surface area contributed by atoms with E-state index in [0.717, 1.165) is 0 Å². The van der Waals surface area contributed by atoms with E-state index in [1.165, 1.54) is 29.2 Å². The highest BCUT2D eigenvalue weighted by molar-refractivity contribution is 6.46. The van der Waals surface area contributed by atoms with E-state index in [1.807, 2.05) is 0 Å². The lowest BCUT2D eigenvalue weighted by molar-refractivity contribution is -0.384. The van der Waals surface area contributed by atoms with Gasteiger partial charge in [0, 0.05) is 35.7 Å². The van der Waals surface area contributed by atoms with E-state index >= 15 is 0 Å². The van der Waals surface area contributed by atoms with Crippen LogP contribution >= 0.6 is 11.6 Å². The summed E-state index contributed by atoms with van der Waals surface area (Å²) in [7, 11) is 0. The SMILES string of the molecule is O=C(O)CCCN1C(=O)C(=O)C(=C(O)c2ccc([N+](=O)[O-])cc2)C1c1ccc(Cl)cc1. The van der Waals surface area contributed by atoms with Crippen LogP contribution < -0.4 is 0 Å². The number of likely N-dealkylation sites (tertiary alicyclic amines) is 1. The third-order valence-corrected chi connectivity index (χ3v) is 5.12. The van der Waals surface area contributed by atoms with Gasteiger partial charge in [0.1, 0.15) is 5.76 Å². The standard InChI is InChI=1S/C21H17ClN2O7/c22-14-7-3-12(4-8-14)18-17(19(27)13-5-9-15(10-6-13)24(30)31)20(28)21(29)23(18)11-1-2-16(25)26/h3-10,18,27H,1-2,11H2,(H,25,26). The number of non-ortho nitro benzene ring substituents is 1. The number of aliphatic hydroxyl groups is 1. The number of hydrogen-bond acceptors (Lipinski definition) is 6. The summed E-state index contributed by atoms with van der Waals surface area (Å²) in [5, 5.41) is 31.0. The Hall–Kier alpha value is -3.72. The van der Waals surface area contributed by atoms with E-state index in [0.29, 0.717) is 10.6 Å². The average molecular weight is 445 g/mol. The highest BCUT2D eigenvalue weighted by Gasteiger charge is 2.45. The summed E-state index contributed by atoms with van der Waals surface area (Å²) in [5.74, 6) is -3.31. The fourth-order valence-corrected chi connectivity index (χ4v) is 3.53. The van der Waals surface area contributed by atoms with E-state index in [2.05, 4.69) is 0 Å². The number of carboxylic acid groups (broad SMARTS) is 1. The molecule has 0 aliphatic carbocycles. The zero-order valence-corrected chi connectivity index (χ0v) is 16.8. The number of nitro groups is 1. The second-order valence-corrected chi connectivity index (χ2v) is 7.28. The summed E-state index contributed by atoms with van der Waals surface area (Å²) >= 11 is 5.94. The van der Waals surface area contributed by atoms with Crippen molar-refractivity contribution in [1.82, 2.24) is 4.90 Å². The summed E-state index contributed by atoms with van der Waals surface area (Å²) < 4.78 is 0. The summed E-state index contributed by atoms with van der Waals surface area (Å²) in [5.41, 5.74) is 0.256. The van der Waals surface area contributed by atoms with Crippen molar-refractivity contribution >= 4 is 40.7 Å². The molecule has 0 saturated carbocycles. The molecule has 0 spiro atoms. The highest BCUT2D eigenvalue weighted by atomic mass is 35.5. The molecule has 0 bridgehead atoms. The molecule has 1 aliphatic rings. The molecular formula is C21H17ClN2O7. The van der Waals surface area contributed by atoms with Gasteiger partial charge in [-0.15, -0.1) is 0 Å². The summed E-state index contributed by atoms with van der Waals surface area (Å²) in [6, 6.07) is 10.3. The fourth-order valence-electron chi connectivity index (χ4n) is 3.40. The van der Waals surface area contributed by atoms with Crippen molar-refractivity contribution < 1.29 is 29.5 Å². The number of nitro benzene ring substituents is 1. The van der Waals surface area contributed by atoms with Crippen LogP contribution in [-0.2, 0) is 14.4 Å². The van der Waals surface area contributed by atoms with Crippen LogP contribution in [0.4, 0.5) is 5.69 Å². The molecule has 0 radical (unpaired) electrons. The topological polar surface area (TPSA) is 138 Å². The maximum Gasteiger partial charge on any atom is 0.303 e. The van der Waals surface area contributed by atoms with Crippen LogP contribution in [0.15, 0.2) is 54.1 Å². The van der Waals surface area contributed by atoms with Gasteiger partial charge < -0.3 is 15.1 Å². The number of amides is 1. The lowest BCUT2D eigenvalue weighted by Crippen LogP contribution is -2.31. The fraction of sp³-hybridized carbons (Fsp3) is 0.190. The first-order chi connectivity index (χ1) is 14.7. The van der Waals surface area contributed by atoms with Crippen molar-refractivity contribution in [3.05, 3.63) is 80.4 Å². The molecule has 2 aromatic rings. The number of aliphatic carboxylic acids is 1. The van der Waals surface area contributed by atoms with Crippen LogP contribution in [0.2, 0.25) is 5.02 Å².